The lowest BCUT2D eigenvalue weighted by atomic mass is 9.89. The summed E-state index contributed by atoms with van der Waals surface area (Å²) >= 11 is 0. The van der Waals surface area contributed by atoms with Crippen molar-refractivity contribution in [3.05, 3.63) is 101 Å². The quantitative estimate of drug-likeness (QED) is 0.383. The Kier molecular flexibility index (Phi) is 5.31. The standard InChI is InChI=1S/C22H16F4O/c1-27-19-13-9-17(10-14-19)21(22(24,25)26)20(15-5-3-2-4-6-15)16-7-11-18(23)12-8-16/h2-14H,1H3/b21-20-. The van der Waals surface area contributed by atoms with Crippen LogP contribution in [0.4, 0.5) is 17.6 Å². The molecule has 27 heavy (non-hydrogen) atoms. The first-order valence-corrected chi connectivity index (χ1v) is 8.17. The van der Waals surface area contributed by atoms with E-state index in [2.05, 4.69) is 0 Å². The molecule has 3 aromatic carbocycles. The van der Waals surface area contributed by atoms with E-state index in [1.54, 1.807) is 30.3 Å². The molecule has 0 atom stereocenters. The average Bonchev–Trinajstić information content (AvgIpc) is 2.67. The van der Waals surface area contributed by atoms with Crippen LogP contribution >= 0.6 is 0 Å². The van der Waals surface area contributed by atoms with Crippen molar-refractivity contribution in [3.8, 4) is 5.75 Å². The molecule has 3 aromatic rings. The fourth-order valence-electron chi connectivity index (χ4n) is 2.88. The van der Waals surface area contributed by atoms with Gasteiger partial charge in [-0.05, 0) is 41.0 Å². The minimum absolute atomic E-state index is 0.00600. The second-order valence-electron chi connectivity index (χ2n) is 5.85. The first-order chi connectivity index (χ1) is 12.9. The molecule has 0 aromatic heterocycles. The summed E-state index contributed by atoms with van der Waals surface area (Å²) in [5.74, 6) is -0.0486. The maximum Gasteiger partial charge on any atom is 0.417 e. The molecule has 3 rings (SSSR count). The highest BCUT2D eigenvalue weighted by Crippen LogP contribution is 2.42. The van der Waals surface area contributed by atoms with Crippen LogP contribution in [-0.4, -0.2) is 13.3 Å². The van der Waals surface area contributed by atoms with E-state index in [0.717, 1.165) is 12.1 Å². The smallest absolute Gasteiger partial charge is 0.417 e. The molecule has 0 radical (unpaired) electrons. The van der Waals surface area contributed by atoms with Crippen molar-refractivity contribution in [3.63, 3.8) is 0 Å². The Labute approximate surface area is 154 Å². The lowest BCUT2D eigenvalue weighted by Crippen LogP contribution is -2.14. The molecule has 1 nitrogen and oxygen atoms in total. The first-order valence-electron chi connectivity index (χ1n) is 8.17. The van der Waals surface area contributed by atoms with Crippen LogP contribution < -0.4 is 4.74 Å². The minimum atomic E-state index is -4.62. The molecule has 0 N–H and O–H groups in total. The van der Waals surface area contributed by atoms with Crippen molar-refractivity contribution in [2.45, 2.75) is 6.18 Å². The van der Waals surface area contributed by atoms with Crippen LogP contribution in [-0.2, 0) is 0 Å². The van der Waals surface area contributed by atoms with Gasteiger partial charge in [0.2, 0.25) is 0 Å². The van der Waals surface area contributed by atoms with E-state index in [4.69, 9.17) is 4.74 Å². The third-order valence-corrected chi connectivity index (χ3v) is 4.11. The van der Waals surface area contributed by atoms with Crippen molar-refractivity contribution in [1.82, 2.24) is 0 Å². The van der Waals surface area contributed by atoms with Gasteiger partial charge in [0.1, 0.15) is 11.6 Å². The summed E-state index contributed by atoms with van der Waals surface area (Å²) in [4.78, 5) is 0. The Morgan fingerprint density at radius 3 is 1.74 bits per heavy atom. The molecule has 0 spiro atoms. The van der Waals surface area contributed by atoms with Crippen molar-refractivity contribution in [2.24, 2.45) is 0 Å². The van der Waals surface area contributed by atoms with Gasteiger partial charge >= 0.3 is 6.18 Å². The van der Waals surface area contributed by atoms with Crippen LogP contribution in [0, 0.1) is 5.82 Å². The van der Waals surface area contributed by atoms with E-state index in [1.807, 2.05) is 0 Å². The Bertz CT molecular complexity index is 925. The minimum Gasteiger partial charge on any atom is -0.497 e. The molecular weight excluding hydrogens is 356 g/mol. The largest absolute Gasteiger partial charge is 0.497 e. The summed E-state index contributed by atoms with van der Waals surface area (Å²) < 4.78 is 60.8. The highest BCUT2D eigenvalue weighted by molar-refractivity contribution is 6.00. The van der Waals surface area contributed by atoms with Crippen LogP contribution in [0.15, 0.2) is 78.9 Å². The molecule has 138 valence electrons. The van der Waals surface area contributed by atoms with Gasteiger partial charge in [-0.1, -0.05) is 54.6 Å². The number of allylic oxidation sites excluding steroid dienone is 1. The van der Waals surface area contributed by atoms with Gasteiger partial charge in [-0.2, -0.15) is 13.2 Å². The molecular formula is C22H16F4O. The lowest BCUT2D eigenvalue weighted by molar-refractivity contribution is -0.0685. The first kappa shape index (κ1) is 18.7. The van der Waals surface area contributed by atoms with Crippen molar-refractivity contribution in [1.29, 1.82) is 0 Å². The molecule has 0 saturated heterocycles. The van der Waals surface area contributed by atoms with E-state index in [0.29, 0.717) is 11.3 Å². The molecule has 0 aliphatic carbocycles. The summed E-state index contributed by atoms with van der Waals surface area (Å²) in [6, 6.07) is 19.0. The van der Waals surface area contributed by atoms with E-state index in [1.165, 1.54) is 43.5 Å². The van der Waals surface area contributed by atoms with Gasteiger partial charge in [0, 0.05) is 5.57 Å². The Balaban J connectivity index is 2.33. The third kappa shape index (κ3) is 4.19. The highest BCUT2D eigenvalue weighted by atomic mass is 19.4. The molecule has 0 aliphatic rings. The number of hydrogen-bond acceptors (Lipinski definition) is 1. The van der Waals surface area contributed by atoms with E-state index in [-0.39, 0.29) is 16.7 Å². The zero-order valence-corrected chi connectivity index (χ0v) is 14.4. The molecule has 0 fully saturated rings. The molecule has 0 saturated carbocycles. The van der Waals surface area contributed by atoms with Crippen LogP contribution in [0.3, 0.4) is 0 Å². The monoisotopic (exact) mass is 372 g/mol. The van der Waals surface area contributed by atoms with Gasteiger partial charge < -0.3 is 4.74 Å². The second kappa shape index (κ2) is 7.66. The molecule has 0 heterocycles. The third-order valence-electron chi connectivity index (χ3n) is 4.11. The van der Waals surface area contributed by atoms with Crippen LogP contribution in [0.1, 0.15) is 16.7 Å². The SMILES string of the molecule is COc1ccc(/C(=C(\c2ccccc2)c2ccc(F)cc2)C(F)(F)F)cc1. The number of benzene rings is 3. The van der Waals surface area contributed by atoms with Crippen LogP contribution in [0.2, 0.25) is 0 Å². The number of methoxy groups -OCH3 is 1. The molecule has 0 unspecified atom stereocenters. The summed E-state index contributed by atoms with van der Waals surface area (Å²) in [5.41, 5.74) is -0.110. The van der Waals surface area contributed by atoms with Crippen LogP contribution in [0.5, 0.6) is 5.75 Å². The summed E-state index contributed by atoms with van der Waals surface area (Å²) in [7, 11) is 1.45. The number of rotatable bonds is 4. The highest BCUT2D eigenvalue weighted by Gasteiger charge is 2.38. The molecule has 0 amide bonds. The molecule has 0 bridgehead atoms. The maximum absolute atomic E-state index is 14.1. The van der Waals surface area contributed by atoms with Gasteiger partial charge in [-0.15, -0.1) is 0 Å². The number of ether oxygens (including phenoxy) is 1. The number of halogens is 4. The predicted octanol–water partition coefficient (Wildman–Crippen LogP) is 6.36. The topological polar surface area (TPSA) is 9.23 Å². The summed E-state index contributed by atoms with van der Waals surface area (Å²) in [6.45, 7) is 0. The van der Waals surface area contributed by atoms with Crippen molar-refractivity contribution in [2.75, 3.05) is 7.11 Å². The summed E-state index contributed by atoms with van der Waals surface area (Å²) in [6.07, 6.45) is -4.62. The van der Waals surface area contributed by atoms with E-state index in [9.17, 15) is 17.6 Å². The predicted molar refractivity (Wildman–Crippen MR) is 97.8 cm³/mol. The number of hydrogen-bond donors (Lipinski definition) is 0. The maximum atomic E-state index is 14.1. The van der Waals surface area contributed by atoms with Crippen molar-refractivity contribution < 1.29 is 22.3 Å². The van der Waals surface area contributed by atoms with Gasteiger partial charge in [-0.3, -0.25) is 0 Å². The van der Waals surface area contributed by atoms with E-state index < -0.39 is 17.6 Å². The number of alkyl halides is 3. The zero-order chi connectivity index (χ0) is 19.4. The van der Waals surface area contributed by atoms with Gasteiger partial charge in [0.05, 0.1) is 12.7 Å². The Morgan fingerprint density at radius 1 is 0.704 bits per heavy atom. The fraction of sp³-hybridized carbons (Fsp3) is 0.0909. The van der Waals surface area contributed by atoms with E-state index >= 15 is 0 Å². The Morgan fingerprint density at radius 2 is 1.22 bits per heavy atom. The molecule has 0 aliphatic heterocycles. The van der Waals surface area contributed by atoms with Crippen molar-refractivity contribution >= 4 is 11.1 Å². The lowest BCUT2D eigenvalue weighted by Gasteiger charge is -2.20. The Hall–Kier alpha value is -3.08. The zero-order valence-electron chi connectivity index (χ0n) is 14.4. The van der Waals surface area contributed by atoms with Crippen LogP contribution in [0.25, 0.3) is 11.1 Å². The fourth-order valence-corrected chi connectivity index (χ4v) is 2.88. The van der Waals surface area contributed by atoms with Gasteiger partial charge in [0.15, 0.2) is 0 Å². The normalized spacial score (nSPS) is 12.5. The average molecular weight is 372 g/mol. The summed E-state index contributed by atoms with van der Waals surface area (Å²) in [5, 5.41) is 0. The second-order valence-corrected chi connectivity index (χ2v) is 5.85. The molecule has 5 heteroatoms. The van der Waals surface area contributed by atoms with Gasteiger partial charge in [-0.25, -0.2) is 4.39 Å². The van der Waals surface area contributed by atoms with Gasteiger partial charge in [0.25, 0.3) is 0 Å².